The van der Waals surface area contributed by atoms with Crippen LogP contribution in [0.4, 0.5) is 0 Å². The predicted molar refractivity (Wildman–Crippen MR) is 43.6 cm³/mol. The van der Waals surface area contributed by atoms with E-state index in [9.17, 15) is 0 Å². The maximum atomic E-state index is 5.84. The van der Waals surface area contributed by atoms with Gasteiger partial charge in [0.15, 0.2) is 4.33 Å². The van der Waals surface area contributed by atoms with E-state index in [1.165, 1.54) is 0 Å². The molecule has 1 aliphatic rings. The molecule has 0 spiro atoms. The van der Waals surface area contributed by atoms with Gasteiger partial charge in [-0.3, -0.25) is 0 Å². The molecule has 1 nitrogen and oxygen atoms in total. The highest BCUT2D eigenvalue weighted by molar-refractivity contribution is 6.52. The second-order valence-electron chi connectivity index (χ2n) is 2.69. The summed E-state index contributed by atoms with van der Waals surface area (Å²) in [5.41, 5.74) is 0.413. The zero-order valence-corrected chi connectivity index (χ0v) is 7.59. The Balaban J connectivity index is 2.78. The average molecular weight is 181 g/mol. The van der Waals surface area contributed by atoms with E-state index >= 15 is 0 Å². The largest absolute Gasteiger partial charge is 0.371 e. The number of hydrogen-bond acceptors (Lipinski definition) is 1. The van der Waals surface area contributed by atoms with E-state index in [1.807, 2.05) is 6.92 Å². The summed E-state index contributed by atoms with van der Waals surface area (Å²) in [6.07, 6.45) is 0.648. The van der Waals surface area contributed by atoms with E-state index in [0.29, 0.717) is 6.42 Å². The number of methoxy groups -OCH3 is 1. The SMILES string of the molecule is C=C(C)C1(OC)CC1(Cl)Cl. The topological polar surface area (TPSA) is 9.23 Å². The summed E-state index contributed by atoms with van der Waals surface area (Å²) in [6.45, 7) is 5.63. The van der Waals surface area contributed by atoms with Crippen LogP contribution in [0.3, 0.4) is 0 Å². The predicted octanol–water partition coefficient (Wildman–Crippen LogP) is 2.53. The molecule has 1 atom stereocenters. The van der Waals surface area contributed by atoms with E-state index in [2.05, 4.69) is 6.58 Å². The lowest BCUT2D eigenvalue weighted by molar-refractivity contribution is 0.109. The van der Waals surface area contributed by atoms with Crippen LogP contribution in [0.5, 0.6) is 0 Å². The van der Waals surface area contributed by atoms with Crippen LogP contribution in [0.15, 0.2) is 12.2 Å². The number of rotatable bonds is 2. The molecule has 0 aliphatic heterocycles. The Hall–Kier alpha value is 0.280. The molecule has 0 bridgehead atoms. The summed E-state index contributed by atoms with van der Waals surface area (Å²) in [6, 6.07) is 0. The van der Waals surface area contributed by atoms with Crippen molar-refractivity contribution < 1.29 is 4.74 Å². The van der Waals surface area contributed by atoms with Crippen LogP contribution in [0, 0.1) is 0 Å². The first-order valence-corrected chi connectivity index (χ1v) is 3.81. The van der Waals surface area contributed by atoms with Crippen molar-refractivity contribution in [3.05, 3.63) is 12.2 Å². The fourth-order valence-electron chi connectivity index (χ4n) is 1.13. The normalized spacial score (nSPS) is 35.6. The maximum Gasteiger partial charge on any atom is 0.154 e. The summed E-state index contributed by atoms with van der Waals surface area (Å²) < 4.78 is 4.42. The number of hydrogen-bond donors (Lipinski definition) is 0. The quantitative estimate of drug-likeness (QED) is 0.469. The standard InChI is InChI=1S/C7H10Cl2O/c1-5(2)6(10-3)4-7(6,8)9/h1,4H2,2-3H3. The number of halogens is 2. The fraction of sp³-hybridized carbons (Fsp3) is 0.714. The van der Waals surface area contributed by atoms with Gasteiger partial charge in [-0.25, -0.2) is 0 Å². The lowest BCUT2D eigenvalue weighted by Crippen LogP contribution is -2.20. The Morgan fingerprint density at radius 1 is 1.60 bits per heavy atom. The third-order valence-electron chi connectivity index (χ3n) is 1.97. The van der Waals surface area contributed by atoms with E-state index < -0.39 is 9.93 Å². The van der Waals surface area contributed by atoms with Crippen LogP contribution in [-0.4, -0.2) is 17.0 Å². The number of ether oxygens (including phenoxy) is 1. The van der Waals surface area contributed by atoms with Crippen molar-refractivity contribution in [1.82, 2.24) is 0 Å². The summed E-state index contributed by atoms with van der Waals surface area (Å²) in [5, 5.41) is 0. The van der Waals surface area contributed by atoms with E-state index in [0.717, 1.165) is 5.57 Å². The molecule has 1 rings (SSSR count). The number of alkyl halides is 2. The monoisotopic (exact) mass is 180 g/mol. The van der Waals surface area contributed by atoms with Gasteiger partial charge in [0, 0.05) is 13.5 Å². The third-order valence-corrected chi connectivity index (χ3v) is 2.85. The average Bonchev–Trinajstić information content (AvgIpc) is 2.35. The second kappa shape index (κ2) is 2.13. The third kappa shape index (κ3) is 0.884. The molecule has 58 valence electrons. The molecule has 0 aromatic heterocycles. The molecule has 0 N–H and O–H groups in total. The minimum Gasteiger partial charge on any atom is -0.371 e. The van der Waals surface area contributed by atoms with E-state index in [1.54, 1.807) is 7.11 Å². The van der Waals surface area contributed by atoms with Crippen LogP contribution in [-0.2, 0) is 4.74 Å². The first kappa shape index (κ1) is 8.38. The highest BCUT2D eigenvalue weighted by Crippen LogP contribution is 2.62. The molecule has 10 heavy (non-hydrogen) atoms. The van der Waals surface area contributed by atoms with Crippen LogP contribution < -0.4 is 0 Å². The molecule has 0 amide bonds. The van der Waals surface area contributed by atoms with Crippen molar-refractivity contribution in [2.75, 3.05) is 7.11 Å². The fourth-order valence-corrected chi connectivity index (χ4v) is 1.98. The van der Waals surface area contributed by atoms with Gasteiger partial charge in [-0.05, 0) is 12.5 Å². The molecule has 1 saturated carbocycles. The molecule has 1 unspecified atom stereocenters. The summed E-state index contributed by atoms with van der Waals surface area (Å²) in [7, 11) is 1.60. The van der Waals surface area contributed by atoms with Crippen LogP contribution in [0.25, 0.3) is 0 Å². The minimum absolute atomic E-state index is 0.476. The molecule has 1 fully saturated rings. The van der Waals surface area contributed by atoms with E-state index in [-0.39, 0.29) is 0 Å². The van der Waals surface area contributed by atoms with Crippen LogP contribution in [0.1, 0.15) is 13.3 Å². The molecule has 0 saturated heterocycles. The Labute approximate surface area is 71.0 Å². The molecular formula is C7H10Cl2O. The van der Waals surface area contributed by atoms with Crippen molar-refractivity contribution >= 4 is 23.2 Å². The zero-order valence-electron chi connectivity index (χ0n) is 6.08. The molecule has 3 heteroatoms. The first-order chi connectivity index (χ1) is 4.46. The smallest absolute Gasteiger partial charge is 0.154 e. The summed E-state index contributed by atoms with van der Waals surface area (Å²) in [5.74, 6) is 0. The Kier molecular flexibility index (Phi) is 1.78. The van der Waals surface area contributed by atoms with Crippen LogP contribution in [0.2, 0.25) is 0 Å². The Morgan fingerprint density at radius 2 is 2.00 bits per heavy atom. The first-order valence-electron chi connectivity index (χ1n) is 3.05. The van der Waals surface area contributed by atoms with Crippen molar-refractivity contribution in [1.29, 1.82) is 0 Å². The second-order valence-corrected chi connectivity index (χ2v) is 4.18. The molecule has 0 aromatic carbocycles. The molecule has 0 aromatic rings. The Bertz CT molecular complexity index is 176. The molecule has 0 radical (unpaired) electrons. The van der Waals surface area contributed by atoms with Gasteiger partial charge >= 0.3 is 0 Å². The van der Waals surface area contributed by atoms with Gasteiger partial charge < -0.3 is 4.74 Å². The van der Waals surface area contributed by atoms with Gasteiger partial charge in [0.05, 0.1) is 0 Å². The van der Waals surface area contributed by atoms with Gasteiger partial charge in [-0.15, -0.1) is 0 Å². The lowest BCUT2D eigenvalue weighted by atomic mass is 10.2. The van der Waals surface area contributed by atoms with E-state index in [4.69, 9.17) is 27.9 Å². The molecule has 1 aliphatic carbocycles. The Morgan fingerprint density at radius 3 is 2.00 bits per heavy atom. The lowest BCUT2D eigenvalue weighted by Gasteiger charge is -2.15. The summed E-state index contributed by atoms with van der Waals surface area (Å²) in [4.78, 5) is 0. The van der Waals surface area contributed by atoms with Gasteiger partial charge in [0.2, 0.25) is 0 Å². The van der Waals surface area contributed by atoms with Crippen LogP contribution >= 0.6 is 23.2 Å². The highest BCUT2D eigenvalue weighted by atomic mass is 35.5. The highest BCUT2D eigenvalue weighted by Gasteiger charge is 2.68. The van der Waals surface area contributed by atoms with Crippen molar-refractivity contribution in [3.8, 4) is 0 Å². The minimum atomic E-state index is -0.742. The molecule has 0 heterocycles. The van der Waals surface area contributed by atoms with Gasteiger partial charge in [-0.2, -0.15) is 0 Å². The van der Waals surface area contributed by atoms with Gasteiger partial charge in [0.1, 0.15) is 5.60 Å². The summed E-state index contributed by atoms with van der Waals surface area (Å²) >= 11 is 11.7. The van der Waals surface area contributed by atoms with Crippen molar-refractivity contribution in [2.45, 2.75) is 23.3 Å². The maximum absolute atomic E-state index is 5.84. The van der Waals surface area contributed by atoms with Crippen molar-refractivity contribution in [3.63, 3.8) is 0 Å². The molecular weight excluding hydrogens is 171 g/mol. The van der Waals surface area contributed by atoms with Gasteiger partial charge in [0.25, 0.3) is 0 Å². The van der Waals surface area contributed by atoms with Crippen molar-refractivity contribution in [2.24, 2.45) is 0 Å². The zero-order chi connectivity index (χ0) is 7.99. The van der Waals surface area contributed by atoms with Gasteiger partial charge in [-0.1, -0.05) is 29.8 Å².